The van der Waals surface area contributed by atoms with E-state index in [9.17, 15) is 8.42 Å². The fourth-order valence-electron chi connectivity index (χ4n) is 4.19. The fraction of sp³-hybridized carbons (Fsp3) is 0.611. The van der Waals surface area contributed by atoms with Gasteiger partial charge in [-0.1, -0.05) is 6.07 Å². The molecule has 2 bridgehead atoms. The third-order valence-electron chi connectivity index (χ3n) is 5.60. The molecule has 3 saturated heterocycles. The van der Waals surface area contributed by atoms with Gasteiger partial charge in [-0.25, -0.2) is 4.98 Å². The lowest BCUT2D eigenvalue weighted by Gasteiger charge is -2.35. The molecule has 3 aliphatic rings. The summed E-state index contributed by atoms with van der Waals surface area (Å²) < 4.78 is 30.2. The topological polar surface area (TPSA) is 61.2 Å². The Bertz CT molecular complexity index is 907. The number of pyridine rings is 1. The van der Waals surface area contributed by atoms with E-state index in [4.69, 9.17) is 4.98 Å². The number of hydrogen-bond donors (Lipinski definition) is 0. The van der Waals surface area contributed by atoms with Gasteiger partial charge >= 0.3 is 0 Å². The minimum atomic E-state index is -3.35. The molecule has 0 radical (unpaired) electrons. The molecule has 2 aromatic heterocycles. The molecule has 2 atom stereocenters. The highest BCUT2D eigenvalue weighted by molar-refractivity contribution is 7.86. The van der Waals surface area contributed by atoms with Crippen LogP contribution in [-0.2, 0) is 16.8 Å². The molecule has 2 aromatic rings. The zero-order valence-electron chi connectivity index (χ0n) is 15.7. The van der Waals surface area contributed by atoms with E-state index in [1.54, 1.807) is 18.4 Å². The molecule has 0 N–H and O–H groups in total. The predicted octanol–water partition coefficient (Wildman–Crippen LogP) is 1.35. The maximum absolute atomic E-state index is 12.6. The lowest BCUT2D eigenvalue weighted by molar-refractivity contribution is 0.124. The minimum Gasteiger partial charge on any atom is -0.307 e. The molecule has 26 heavy (non-hydrogen) atoms. The molecule has 7 nitrogen and oxygen atoms in total. The number of aryl methyl sites for hydroxylation is 1. The van der Waals surface area contributed by atoms with Gasteiger partial charge < -0.3 is 4.40 Å². The number of nitrogens with zero attached hydrogens (tertiary/aromatic N) is 5. The molecule has 8 heteroatoms. The molecule has 3 aliphatic heterocycles. The Hall–Kier alpha value is -1.48. The number of piperidine rings is 1. The summed E-state index contributed by atoms with van der Waals surface area (Å²) >= 11 is 0. The second-order valence-corrected chi connectivity index (χ2v) is 9.98. The maximum Gasteiger partial charge on any atom is 0.281 e. The van der Waals surface area contributed by atoms with E-state index in [2.05, 4.69) is 34.7 Å². The van der Waals surface area contributed by atoms with Crippen LogP contribution in [0, 0.1) is 12.8 Å². The Morgan fingerprint density at radius 2 is 1.96 bits per heavy atom. The number of aromatic nitrogens is 2. The molecule has 0 unspecified atom stereocenters. The number of hydrogen-bond acceptors (Lipinski definition) is 4. The summed E-state index contributed by atoms with van der Waals surface area (Å²) in [5.74, 6) is 0.391. The summed E-state index contributed by atoms with van der Waals surface area (Å²) in [5, 5.41) is 0. The third-order valence-corrected chi connectivity index (χ3v) is 7.47. The molecular weight excluding hydrogens is 350 g/mol. The van der Waals surface area contributed by atoms with Crippen LogP contribution in [0.1, 0.15) is 24.1 Å². The van der Waals surface area contributed by atoms with Crippen molar-refractivity contribution in [3.8, 4) is 0 Å². The van der Waals surface area contributed by atoms with E-state index in [1.807, 2.05) is 6.07 Å². The zero-order valence-corrected chi connectivity index (χ0v) is 16.5. The van der Waals surface area contributed by atoms with Crippen LogP contribution in [0.4, 0.5) is 0 Å². The summed E-state index contributed by atoms with van der Waals surface area (Å²) in [4.78, 5) is 7.16. The molecule has 0 aliphatic carbocycles. The zero-order chi connectivity index (χ0) is 18.5. The van der Waals surface area contributed by atoms with Crippen LogP contribution in [0.3, 0.4) is 0 Å². The van der Waals surface area contributed by atoms with E-state index < -0.39 is 10.2 Å². The van der Waals surface area contributed by atoms with Crippen molar-refractivity contribution < 1.29 is 8.42 Å². The molecule has 3 fully saturated rings. The SMILES string of the molecule is Cc1ccc2nc(CN3C[C@@H]4CC[C@H]3CN(S(=O)(=O)N(C)C)C4)cn2c1. The summed E-state index contributed by atoms with van der Waals surface area (Å²) in [6.45, 7) is 4.99. The van der Waals surface area contributed by atoms with E-state index in [1.165, 1.54) is 9.87 Å². The van der Waals surface area contributed by atoms with Crippen LogP contribution in [0.15, 0.2) is 24.5 Å². The first-order valence-electron chi connectivity index (χ1n) is 9.19. The summed E-state index contributed by atoms with van der Waals surface area (Å²) in [7, 11) is -0.131. The van der Waals surface area contributed by atoms with Crippen LogP contribution >= 0.6 is 0 Å². The minimum absolute atomic E-state index is 0.259. The van der Waals surface area contributed by atoms with Crippen molar-refractivity contribution in [2.45, 2.75) is 32.4 Å². The fourth-order valence-corrected chi connectivity index (χ4v) is 5.41. The van der Waals surface area contributed by atoms with E-state index in [0.29, 0.717) is 19.0 Å². The Morgan fingerprint density at radius 3 is 2.73 bits per heavy atom. The monoisotopic (exact) mass is 377 g/mol. The number of fused-ring (bicyclic) bond motifs is 5. The van der Waals surface area contributed by atoms with Crippen LogP contribution in [0.5, 0.6) is 0 Å². The lowest BCUT2D eigenvalue weighted by atomic mass is 9.95. The second kappa shape index (κ2) is 6.60. The average Bonchev–Trinajstić information content (AvgIpc) is 2.75. The molecule has 5 heterocycles. The lowest BCUT2D eigenvalue weighted by Crippen LogP contribution is -2.45. The van der Waals surface area contributed by atoms with Gasteiger partial charge in [0.15, 0.2) is 0 Å². The first kappa shape index (κ1) is 17.9. The van der Waals surface area contributed by atoms with Gasteiger partial charge in [0, 0.05) is 58.7 Å². The predicted molar refractivity (Wildman–Crippen MR) is 101 cm³/mol. The first-order chi connectivity index (χ1) is 12.3. The Morgan fingerprint density at radius 1 is 1.15 bits per heavy atom. The normalized spacial score (nSPS) is 25.2. The van der Waals surface area contributed by atoms with Crippen molar-refractivity contribution >= 4 is 15.9 Å². The third kappa shape index (κ3) is 3.26. The average molecular weight is 378 g/mol. The molecule has 0 spiro atoms. The van der Waals surface area contributed by atoms with Gasteiger partial charge in [-0.2, -0.15) is 17.0 Å². The molecular formula is C18H27N5O2S. The Labute approximate surface area is 155 Å². The molecule has 142 valence electrons. The quantitative estimate of drug-likeness (QED) is 0.807. The van der Waals surface area contributed by atoms with Crippen molar-refractivity contribution in [1.82, 2.24) is 22.9 Å². The molecule has 0 saturated carbocycles. The Balaban J connectivity index is 1.54. The molecule has 5 rings (SSSR count). The molecule has 0 aromatic carbocycles. The van der Waals surface area contributed by atoms with Gasteiger partial charge in [0.25, 0.3) is 10.2 Å². The standard InChI is InChI=1S/C18H27N5O2S/c1-14-4-7-18-19-16(12-22(18)8-14)11-21-9-15-5-6-17(21)13-23(10-15)26(24,25)20(2)3/h4,7-8,12,15,17H,5-6,9-11,13H2,1-3H3/t15-,17-/m0/s1. The van der Waals surface area contributed by atoms with E-state index >= 15 is 0 Å². The van der Waals surface area contributed by atoms with E-state index in [-0.39, 0.29) is 6.04 Å². The van der Waals surface area contributed by atoms with Crippen molar-refractivity contribution in [3.63, 3.8) is 0 Å². The second-order valence-electron chi connectivity index (χ2n) is 7.84. The number of imidazole rings is 1. The van der Waals surface area contributed by atoms with Crippen LogP contribution < -0.4 is 0 Å². The highest BCUT2D eigenvalue weighted by Gasteiger charge is 2.39. The number of rotatable bonds is 4. The van der Waals surface area contributed by atoms with Gasteiger partial charge in [0.1, 0.15) is 5.65 Å². The largest absolute Gasteiger partial charge is 0.307 e. The first-order valence-corrected chi connectivity index (χ1v) is 10.6. The summed E-state index contributed by atoms with van der Waals surface area (Å²) in [5.41, 5.74) is 3.22. The van der Waals surface area contributed by atoms with Crippen LogP contribution in [-0.4, -0.2) is 71.1 Å². The summed E-state index contributed by atoms with van der Waals surface area (Å²) in [6, 6.07) is 4.37. The highest BCUT2D eigenvalue weighted by atomic mass is 32.2. The van der Waals surface area contributed by atoms with Gasteiger partial charge in [0.2, 0.25) is 0 Å². The maximum atomic E-state index is 12.6. The smallest absolute Gasteiger partial charge is 0.281 e. The van der Waals surface area contributed by atoms with Crippen molar-refractivity contribution in [1.29, 1.82) is 0 Å². The van der Waals surface area contributed by atoms with Gasteiger partial charge in [-0.3, -0.25) is 4.90 Å². The van der Waals surface area contributed by atoms with Crippen molar-refractivity contribution in [2.75, 3.05) is 33.7 Å². The van der Waals surface area contributed by atoms with Gasteiger partial charge in [-0.15, -0.1) is 0 Å². The van der Waals surface area contributed by atoms with Gasteiger partial charge in [-0.05, 0) is 37.3 Å². The van der Waals surface area contributed by atoms with Crippen LogP contribution in [0.25, 0.3) is 5.65 Å². The van der Waals surface area contributed by atoms with Gasteiger partial charge in [0.05, 0.1) is 5.69 Å². The van der Waals surface area contributed by atoms with Crippen molar-refractivity contribution in [3.05, 3.63) is 35.8 Å². The highest BCUT2D eigenvalue weighted by Crippen LogP contribution is 2.30. The van der Waals surface area contributed by atoms with Crippen molar-refractivity contribution in [2.24, 2.45) is 5.92 Å². The van der Waals surface area contributed by atoms with Crippen LogP contribution in [0.2, 0.25) is 0 Å². The molecule has 0 amide bonds. The van der Waals surface area contributed by atoms with E-state index in [0.717, 1.165) is 37.3 Å². The summed E-state index contributed by atoms with van der Waals surface area (Å²) in [6.07, 6.45) is 6.34. The Kier molecular flexibility index (Phi) is 4.54.